The van der Waals surface area contributed by atoms with Crippen molar-refractivity contribution in [3.63, 3.8) is 0 Å². The van der Waals surface area contributed by atoms with Gasteiger partial charge in [-0.2, -0.15) is 0 Å². The van der Waals surface area contributed by atoms with Crippen LogP contribution in [0.25, 0.3) is 0 Å². The monoisotopic (exact) mass is 397 g/mol. The maximum absolute atomic E-state index is 12.8. The summed E-state index contributed by atoms with van der Waals surface area (Å²) < 4.78 is 10.8. The van der Waals surface area contributed by atoms with Gasteiger partial charge in [0, 0.05) is 6.42 Å². The lowest BCUT2D eigenvalue weighted by Crippen LogP contribution is -2.92. The standard InChI is InChI=1S/C23H28N2O4/c1-3-4-15-29-20-11-7-18(8-12-20)25-22(26)16-21(23(25)27)24-14-13-17-5-9-19(28-2)10-6-17/h5-12,21,24H,3-4,13-16H2,1-2H3/p+1/t21-/m0/s1. The second-order valence-corrected chi connectivity index (χ2v) is 7.20. The van der Waals surface area contributed by atoms with Crippen molar-refractivity contribution in [1.29, 1.82) is 0 Å². The van der Waals surface area contributed by atoms with Crippen LogP contribution in [0.15, 0.2) is 48.5 Å². The Hall–Kier alpha value is -2.86. The molecule has 1 aliphatic heterocycles. The molecule has 0 bridgehead atoms. The zero-order chi connectivity index (χ0) is 20.6. The molecule has 1 saturated heterocycles. The number of imide groups is 1. The maximum Gasteiger partial charge on any atom is 0.292 e. The minimum absolute atomic E-state index is 0.149. The van der Waals surface area contributed by atoms with Gasteiger partial charge in [0.2, 0.25) is 5.91 Å². The fraction of sp³-hybridized carbons (Fsp3) is 0.391. The summed E-state index contributed by atoms with van der Waals surface area (Å²) in [5.74, 6) is 1.28. The first-order valence-electron chi connectivity index (χ1n) is 10.2. The highest BCUT2D eigenvalue weighted by molar-refractivity contribution is 6.21. The number of rotatable bonds is 10. The van der Waals surface area contributed by atoms with Crippen LogP contribution in [0.3, 0.4) is 0 Å². The van der Waals surface area contributed by atoms with E-state index in [0.29, 0.717) is 12.3 Å². The zero-order valence-electron chi connectivity index (χ0n) is 17.1. The molecule has 1 fully saturated rings. The highest BCUT2D eigenvalue weighted by atomic mass is 16.5. The van der Waals surface area contributed by atoms with Crippen LogP contribution in [0.2, 0.25) is 0 Å². The van der Waals surface area contributed by atoms with Gasteiger partial charge in [-0.1, -0.05) is 25.5 Å². The van der Waals surface area contributed by atoms with E-state index in [1.54, 1.807) is 19.2 Å². The largest absolute Gasteiger partial charge is 0.497 e. The molecule has 0 spiro atoms. The lowest BCUT2D eigenvalue weighted by atomic mass is 10.1. The second kappa shape index (κ2) is 10.1. The van der Waals surface area contributed by atoms with Crippen LogP contribution >= 0.6 is 0 Å². The Kier molecular flexibility index (Phi) is 7.25. The van der Waals surface area contributed by atoms with Crippen LogP contribution in [0.5, 0.6) is 11.5 Å². The van der Waals surface area contributed by atoms with E-state index >= 15 is 0 Å². The molecule has 2 amide bonds. The minimum atomic E-state index is -0.360. The van der Waals surface area contributed by atoms with Gasteiger partial charge in [0.15, 0.2) is 6.04 Å². The topological polar surface area (TPSA) is 72.4 Å². The third-order valence-corrected chi connectivity index (χ3v) is 5.09. The van der Waals surface area contributed by atoms with Gasteiger partial charge < -0.3 is 14.8 Å². The Morgan fingerprint density at radius 1 is 1.03 bits per heavy atom. The summed E-state index contributed by atoms with van der Waals surface area (Å²) in [6, 6.07) is 14.7. The predicted octanol–water partition coefficient (Wildman–Crippen LogP) is 2.31. The number of hydrogen-bond donors (Lipinski definition) is 1. The number of methoxy groups -OCH3 is 1. The molecule has 6 heteroatoms. The van der Waals surface area contributed by atoms with Gasteiger partial charge >= 0.3 is 0 Å². The van der Waals surface area contributed by atoms with Crippen LogP contribution in [0.4, 0.5) is 5.69 Å². The number of amides is 2. The minimum Gasteiger partial charge on any atom is -0.497 e. The van der Waals surface area contributed by atoms with Crippen LogP contribution in [-0.4, -0.2) is 38.1 Å². The van der Waals surface area contributed by atoms with Gasteiger partial charge in [0.1, 0.15) is 11.5 Å². The normalized spacial score (nSPS) is 16.3. The van der Waals surface area contributed by atoms with Crippen molar-refractivity contribution in [2.45, 2.75) is 38.6 Å². The highest BCUT2D eigenvalue weighted by Gasteiger charge is 2.42. The third kappa shape index (κ3) is 5.35. The summed E-state index contributed by atoms with van der Waals surface area (Å²) in [4.78, 5) is 26.5. The van der Waals surface area contributed by atoms with Gasteiger partial charge in [-0.25, -0.2) is 4.90 Å². The van der Waals surface area contributed by atoms with Gasteiger partial charge in [0.05, 0.1) is 32.4 Å². The smallest absolute Gasteiger partial charge is 0.292 e. The Bertz CT molecular complexity index is 818. The van der Waals surface area contributed by atoms with Crippen LogP contribution in [-0.2, 0) is 16.0 Å². The summed E-state index contributed by atoms with van der Waals surface area (Å²) in [6.07, 6.45) is 3.13. The molecule has 1 atom stereocenters. The van der Waals surface area contributed by atoms with Crippen molar-refractivity contribution >= 4 is 17.5 Å². The molecule has 0 aromatic heterocycles. The van der Waals surface area contributed by atoms with E-state index in [0.717, 1.165) is 37.3 Å². The number of unbranched alkanes of at least 4 members (excludes halogenated alkanes) is 1. The maximum atomic E-state index is 12.8. The average molecular weight is 397 g/mol. The molecule has 1 aliphatic rings. The summed E-state index contributed by atoms with van der Waals surface area (Å²) in [6.45, 7) is 3.53. The summed E-state index contributed by atoms with van der Waals surface area (Å²) in [7, 11) is 1.64. The molecule has 0 unspecified atom stereocenters. The Balaban J connectivity index is 1.53. The molecule has 154 valence electrons. The molecule has 6 nitrogen and oxygen atoms in total. The van der Waals surface area contributed by atoms with Crippen molar-refractivity contribution in [1.82, 2.24) is 0 Å². The summed E-state index contributed by atoms with van der Waals surface area (Å²) in [5.41, 5.74) is 1.78. The molecular formula is C23H29N2O4+. The van der Waals surface area contributed by atoms with Crippen molar-refractivity contribution in [2.75, 3.05) is 25.2 Å². The van der Waals surface area contributed by atoms with Crippen LogP contribution in [0, 0.1) is 0 Å². The molecule has 0 saturated carbocycles. The number of hydrogen-bond acceptors (Lipinski definition) is 4. The Morgan fingerprint density at radius 2 is 1.72 bits per heavy atom. The molecule has 3 rings (SSSR count). The Labute approximate surface area is 171 Å². The molecule has 29 heavy (non-hydrogen) atoms. The highest BCUT2D eigenvalue weighted by Crippen LogP contribution is 2.24. The van der Waals surface area contributed by atoms with E-state index in [-0.39, 0.29) is 24.3 Å². The molecule has 2 aromatic rings. The number of ether oxygens (including phenoxy) is 2. The number of benzene rings is 2. The van der Waals surface area contributed by atoms with E-state index < -0.39 is 0 Å². The fourth-order valence-electron chi connectivity index (χ4n) is 3.38. The van der Waals surface area contributed by atoms with Crippen LogP contribution in [0.1, 0.15) is 31.7 Å². The van der Waals surface area contributed by atoms with Crippen molar-refractivity contribution in [3.05, 3.63) is 54.1 Å². The molecule has 2 aromatic carbocycles. The number of anilines is 1. The van der Waals surface area contributed by atoms with E-state index in [2.05, 4.69) is 6.92 Å². The summed E-state index contributed by atoms with van der Waals surface area (Å²) in [5, 5.41) is 1.96. The predicted molar refractivity (Wildman–Crippen MR) is 111 cm³/mol. The average Bonchev–Trinajstić information content (AvgIpc) is 3.02. The van der Waals surface area contributed by atoms with Crippen LogP contribution < -0.4 is 19.7 Å². The molecule has 0 aliphatic carbocycles. The number of nitrogens with zero attached hydrogens (tertiary/aromatic N) is 1. The lowest BCUT2D eigenvalue weighted by Gasteiger charge is -2.15. The first-order valence-corrected chi connectivity index (χ1v) is 10.2. The SMILES string of the molecule is CCCCOc1ccc(N2C(=O)C[C@H]([NH2+]CCc3ccc(OC)cc3)C2=O)cc1. The number of quaternary nitrogens is 1. The number of carbonyl (C=O) groups excluding carboxylic acids is 2. The van der Waals surface area contributed by atoms with Gasteiger partial charge in [0.25, 0.3) is 5.91 Å². The van der Waals surface area contributed by atoms with E-state index in [1.807, 2.05) is 41.7 Å². The molecule has 0 radical (unpaired) electrons. The molecular weight excluding hydrogens is 368 g/mol. The second-order valence-electron chi connectivity index (χ2n) is 7.20. The Morgan fingerprint density at radius 3 is 2.38 bits per heavy atom. The summed E-state index contributed by atoms with van der Waals surface area (Å²) >= 11 is 0. The molecule has 2 N–H and O–H groups in total. The third-order valence-electron chi connectivity index (χ3n) is 5.09. The van der Waals surface area contributed by atoms with E-state index in [9.17, 15) is 9.59 Å². The van der Waals surface area contributed by atoms with Gasteiger partial charge in [-0.3, -0.25) is 9.59 Å². The lowest BCUT2D eigenvalue weighted by molar-refractivity contribution is -0.674. The quantitative estimate of drug-likeness (QED) is 0.493. The van der Waals surface area contributed by atoms with Crippen molar-refractivity contribution in [2.24, 2.45) is 0 Å². The molecule has 1 heterocycles. The number of carbonyl (C=O) groups is 2. The first kappa shape index (κ1) is 20.9. The fourth-order valence-corrected chi connectivity index (χ4v) is 3.38. The van der Waals surface area contributed by atoms with Crippen molar-refractivity contribution < 1.29 is 24.4 Å². The zero-order valence-corrected chi connectivity index (χ0v) is 17.1. The van der Waals surface area contributed by atoms with Crippen molar-refractivity contribution in [3.8, 4) is 11.5 Å². The van der Waals surface area contributed by atoms with Gasteiger partial charge in [-0.05, 0) is 48.4 Å². The van der Waals surface area contributed by atoms with E-state index in [1.165, 1.54) is 10.5 Å². The van der Waals surface area contributed by atoms with Gasteiger partial charge in [-0.15, -0.1) is 0 Å². The van der Waals surface area contributed by atoms with E-state index in [4.69, 9.17) is 9.47 Å². The number of nitrogens with two attached hydrogens (primary N) is 1. The first-order chi connectivity index (χ1) is 14.1.